The van der Waals surface area contributed by atoms with Crippen LogP contribution in [0, 0.1) is 11.8 Å². The molecule has 0 bridgehead atoms. The number of hydrogen-bond donors (Lipinski definition) is 1. The van der Waals surface area contributed by atoms with E-state index in [-0.39, 0.29) is 0 Å². The van der Waals surface area contributed by atoms with E-state index in [0.717, 1.165) is 24.8 Å². The fourth-order valence-corrected chi connectivity index (χ4v) is 4.26. The average Bonchev–Trinajstić information content (AvgIpc) is 2.98. The van der Waals surface area contributed by atoms with Crippen LogP contribution in [0.2, 0.25) is 0 Å². The van der Waals surface area contributed by atoms with Gasteiger partial charge in [-0.3, -0.25) is 0 Å². The van der Waals surface area contributed by atoms with Gasteiger partial charge in [0.25, 0.3) is 0 Å². The Morgan fingerprint density at radius 3 is 2.70 bits per heavy atom. The van der Waals surface area contributed by atoms with Gasteiger partial charge in [-0.25, -0.2) is 4.98 Å². The molecule has 0 amide bonds. The molecule has 1 aliphatic rings. The van der Waals surface area contributed by atoms with Gasteiger partial charge < -0.3 is 5.32 Å². The van der Waals surface area contributed by atoms with E-state index in [1.54, 1.807) is 11.3 Å². The van der Waals surface area contributed by atoms with Gasteiger partial charge in [-0.1, -0.05) is 46.0 Å². The lowest BCUT2D eigenvalue weighted by atomic mass is 9.76. The monoisotopic (exact) mass is 294 g/mol. The number of unbranched alkanes of at least 4 members (excludes halogenated alkanes) is 1. The van der Waals surface area contributed by atoms with Crippen molar-refractivity contribution in [1.29, 1.82) is 0 Å². The molecule has 3 heteroatoms. The zero-order valence-corrected chi connectivity index (χ0v) is 13.9. The second kappa shape index (κ2) is 8.78. The normalized spacial score (nSPS) is 24.7. The predicted octanol–water partition coefficient (Wildman–Crippen LogP) is 4.66. The summed E-state index contributed by atoms with van der Waals surface area (Å²) >= 11 is 1.80. The Morgan fingerprint density at radius 1 is 1.30 bits per heavy atom. The fourth-order valence-electron chi connectivity index (χ4n) is 3.58. The van der Waals surface area contributed by atoms with Gasteiger partial charge in [-0.2, -0.15) is 0 Å². The minimum absolute atomic E-state index is 0.637. The third kappa shape index (κ3) is 4.85. The first-order valence-electron chi connectivity index (χ1n) is 8.45. The number of likely N-dealkylation sites (N-methyl/N-ethyl adjacent to an activating group) is 1. The van der Waals surface area contributed by atoms with Crippen LogP contribution in [0.15, 0.2) is 11.6 Å². The zero-order chi connectivity index (χ0) is 14.2. The van der Waals surface area contributed by atoms with Crippen molar-refractivity contribution >= 4 is 11.3 Å². The Morgan fingerprint density at radius 2 is 2.10 bits per heavy atom. The van der Waals surface area contributed by atoms with Crippen LogP contribution in [0.25, 0.3) is 0 Å². The molecule has 1 fully saturated rings. The summed E-state index contributed by atoms with van der Waals surface area (Å²) < 4.78 is 0. The van der Waals surface area contributed by atoms with Crippen LogP contribution < -0.4 is 5.32 Å². The molecule has 1 saturated carbocycles. The Balaban J connectivity index is 1.81. The molecule has 20 heavy (non-hydrogen) atoms. The number of nitrogens with one attached hydrogen (secondary N) is 1. The molecule has 114 valence electrons. The molecule has 2 rings (SSSR count). The van der Waals surface area contributed by atoms with Crippen molar-refractivity contribution in [3.8, 4) is 0 Å². The van der Waals surface area contributed by atoms with Gasteiger partial charge >= 0.3 is 0 Å². The molecule has 1 N–H and O–H groups in total. The number of nitrogens with zero attached hydrogens (tertiary/aromatic N) is 1. The average molecular weight is 295 g/mol. The molecule has 1 unspecified atom stereocenters. The van der Waals surface area contributed by atoms with Crippen molar-refractivity contribution < 1.29 is 0 Å². The summed E-state index contributed by atoms with van der Waals surface area (Å²) in [5, 5.41) is 7.11. The highest BCUT2D eigenvalue weighted by Gasteiger charge is 2.27. The van der Waals surface area contributed by atoms with Crippen molar-refractivity contribution in [2.24, 2.45) is 11.8 Å². The Hall–Kier alpha value is -0.410. The Bertz CT molecular complexity index is 342. The number of aromatic nitrogens is 1. The summed E-state index contributed by atoms with van der Waals surface area (Å²) in [6.45, 7) is 5.61. The van der Waals surface area contributed by atoms with Crippen molar-refractivity contribution in [3.63, 3.8) is 0 Å². The molecule has 0 aromatic carbocycles. The summed E-state index contributed by atoms with van der Waals surface area (Å²) in [6, 6.07) is 0.637. The van der Waals surface area contributed by atoms with Gasteiger partial charge in [0.15, 0.2) is 0 Å². The highest BCUT2D eigenvalue weighted by Crippen LogP contribution is 2.34. The molecule has 0 spiro atoms. The van der Waals surface area contributed by atoms with Gasteiger partial charge in [0.05, 0.1) is 5.01 Å². The first-order chi connectivity index (χ1) is 9.83. The van der Waals surface area contributed by atoms with E-state index in [0.29, 0.717) is 6.04 Å². The molecule has 0 radical (unpaired) electrons. The van der Waals surface area contributed by atoms with Gasteiger partial charge in [0.1, 0.15) is 0 Å². The van der Waals surface area contributed by atoms with Crippen LogP contribution in [0.4, 0.5) is 0 Å². The lowest BCUT2D eigenvalue weighted by molar-refractivity contribution is 0.212. The quantitative estimate of drug-likeness (QED) is 0.754. The first kappa shape index (κ1) is 16.0. The molecule has 0 saturated heterocycles. The number of rotatable bonds is 8. The summed E-state index contributed by atoms with van der Waals surface area (Å²) in [4.78, 5) is 4.47. The molecule has 1 heterocycles. The van der Waals surface area contributed by atoms with Crippen molar-refractivity contribution in [2.45, 2.75) is 71.3 Å². The molecule has 1 aromatic rings. The van der Waals surface area contributed by atoms with Crippen LogP contribution in [0.1, 0.15) is 63.8 Å². The Labute approximate surface area is 128 Å². The largest absolute Gasteiger partial charge is 0.314 e. The first-order valence-corrected chi connectivity index (χ1v) is 9.33. The molecule has 2 nitrogen and oxygen atoms in total. The highest BCUT2D eigenvalue weighted by molar-refractivity contribution is 7.09. The zero-order valence-electron chi connectivity index (χ0n) is 13.1. The topological polar surface area (TPSA) is 24.9 Å². The van der Waals surface area contributed by atoms with Crippen LogP contribution >= 0.6 is 11.3 Å². The van der Waals surface area contributed by atoms with Crippen LogP contribution in [-0.4, -0.2) is 17.6 Å². The van der Waals surface area contributed by atoms with E-state index in [1.165, 1.54) is 50.0 Å². The summed E-state index contributed by atoms with van der Waals surface area (Å²) in [7, 11) is 0. The SMILES string of the molecule is CCCCC1CCC(C(Cc2nccs2)NCC)CC1. The van der Waals surface area contributed by atoms with E-state index in [9.17, 15) is 0 Å². The fraction of sp³-hybridized carbons (Fsp3) is 0.824. The Kier molecular flexibility index (Phi) is 7.01. The van der Waals surface area contributed by atoms with Crippen molar-refractivity contribution in [2.75, 3.05) is 6.54 Å². The van der Waals surface area contributed by atoms with E-state index >= 15 is 0 Å². The van der Waals surface area contributed by atoms with Gasteiger partial charge in [0, 0.05) is 24.0 Å². The predicted molar refractivity (Wildman–Crippen MR) is 88.3 cm³/mol. The van der Waals surface area contributed by atoms with E-state index < -0.39 is 0 Å². The lowest BCUT2D eigenvalue weighted by Gasteiger charge is -2.34. The maximum Gasteiger partial charge on any atom is 0.0940 e. The maximum atomic E-state index is 4.47. The third-order valence-corrected chi connectivity index (χ3v) is 5.57. The van der Waals surface area contributed by atoms with Crippen LogP contribution in [0.5, 0.6) is 0 Å². The molecule has 1 atom stereocenters. The number of thiazole rings is 1. The highest BCUT2D eigenvalue weighted by atomic mass is 32.1. The maximum absolute atomic E-state index is 4.47. The lowest BCUT2D eigenvalue weighted by Crippen LogP contribution is -2.39. The van der Waals surface area contributed by atoms with Crippen molar-refractivity contribution in [3.05, 3.63) is 16.6 Å². The van der Waals surface area contributed by atoms with Crippen LogP contribution in [-0.2, 0) is 6.42 Å². The molecular weight excluding hydrogens is 264 g/mol. The molecule has 0 aliphatic heterocycles. The van der Waals surface area contributed by atoms with Gasteiger partial charge in [-0.05, 0) is 31.2 Å². The van der Waals surface area contributed by atoms with E-state index in [1.807, 2.05) is 6.20 Å². The van der Waals surface area contributed by atoms with Crippen molar-refractivity contribution in [1.82, 2.24) is 10.3 Å². The smallest absolute Gasteiger partial charge is 0.0940 e. The van der Waals surface area contributed by atoms with Gasteiger partial charge in [-0.15, -0.1) is 11.3 Å². The summed E-state index contributed by atoms with van der Waals surface area (Å²) in [5.41, 5.74) is 0. The number of hydrogen-bond acceptors (Lipinski definition) is 3. The minimum Gasteiger partial charge on any atom is -0.314 e. The molecule has 1 aromatic heterocycles. The van der Waals surface area contributed by atoms with E-state index in [4.69, 9.17) is 0 Å². The van der Waals surface area contributed by atoms with Gasteiger partial charge in [0.2, 0.25) is 0 Å². The standard InChI is InChI=1S/C17H30N2S/c1-3-5-6-14-7-9-15(10-8-14)16(18-4-2)13-17-19-11-12-20-17/h11-12,14-16,18H,3-10,13H2,1-2H3. The second-order valence-corrected chi connectivity index (χ2v) is 7.20. The molecular formula is C17H30N2S. The minimum atomic E-state index is 0.637. The summed E-state index contributed by atoms with van der Waals surface area (Å²) in [6.07, 6.45) is 13.0. The summed E-state index contributed by atoms with van der Waals surface area (Å²) in [5.74, 6) is 1.87. The third-order valence-electron chi connectivity index (χ3n) is 4.77. The van der Waals surface area contributed by atoms with E-state index in [2.05, 4.69) is 29.5 Å². The second-order valence-electron chi connectivity index (χ2n) is 6.22. The van der Waals surface area contributed by atoms with Crippen LogP contribution in [0.3, 0.4) is 0 Å². The molecule has 1 aliphatic carbocycles.